The number of halogens is 1. The average Bonchev–Trinajstić information content (AvgIpc) is 2.97. The molecule has 0 N–H and O–H groups in total. The number of ketones is 1. The van der Waals surface area contributed by atoms with Crippen LogP contribution in [0.5, 0.6) is 5.75 Å². The Bertz CT molecular complexity index is 1020. The third kappa shape index (κ3) is 3.95. The molecule has 25 heavy (non-hydrogen) atoms. The van der Waals surface area contributed by atoms with Gasteiger partial charge < -0.3 is 13.7 Å². The van der Waals surface area contributed by atoms with E-state index in [0.29, 0.717) is 17.6 Å². The number of esters is 1. The zero-order valence-electron chi connectivity index (χ0n) is 13.1. The molecular weight excluding hydrogens is 350 g/mol. The number of carbonyl (C=O) groups excluding carboxylic acids is 2. The number of benzene rings is 1. The first-order chi connectivity index (χ1) is 11.9. The Labute approximate surface area is 146 Å². The van der Waals surface area contributed by atoms with Crippen molar-refractivity contribution < 1.29 is 23.3 Å². The summed E-state index contributed by atoms with van der Waals surface area (Å²) >= 11 is 5.63. The molecule has 0 spiro atoms. The summed E-state index contributed by atoms with van der Waals surface area (Å²) in [4.78, 5) is 35.0. The van der Waals surface area contributed by atoms with Crippen molar-refractivity contribution in [3.8, 4) is 5.75 Å². The summed E-state index contributed by atoms with van der Waals surface area (Å²) in [6.07, 6.45) is 0.361. The summed E-state index contributed by atoms with van der Waals surface area (Å²) < 4.78 is 15.2. The van der Waals surface area contributed by atoms with Gasteiger partial charge in [-0.15, -0.1) is 0 Å². The topological polar surface area (TPSA) is 99.6 Å². The molecule has 2 heterocycles. The number of carbonyl (C=O) groups is 2. The van der Waals surface area contributed by atoms with Crippen molar-refractivity contribution in [2.24, 2.45) is 0 Å². The summed E-state index contributed by atoms with van der Waals surface area (Å²) in [5.74, 6) is -0.164. The number of ether oxygens (including phenoxy) is 1. The molecule has 7 nitrogen and oxygen atoms in total. The highest BCUT2D eigenvalue weighted by Crippen LogP contribution is 2.21. The van der Waals surface area contributed by atoms with Crippen molar-refractivity contribution in [2.75, 3.05) is 0 Å². The Morgan fingerprint density at radius 2 is 2.04 bits per heavy atom. The maximum Gasteiger partial charge on any atom is 0.347 e. The van der Waals surface area contributed by atoms with Gasteiger partial charge in [0.05, 0.1) is 6.42 Å². The van der Waals surface area contributed by atoms with Gasteiger partial charge in [-0.1, -0.05) is 16.8 Å². The summed E-state index contributed by atoms with van der Waals surface area (Å²) in [6, 6.07) is 7.54. The number of aryl methyl sites for hydroxylation is 1. The quantitative estimate of drug-likeness (QED) is 0.298. The monoisotopic (exact) mass is 361 g/mol. The lowest BCUT2D eigenvalue weighted by atomic mass is 10.1. The predicted octanol–water partition coefficient (Wildman–Crippen LogP) is 3.18. The van der Waals surface area contributed by atoms with Crippen molar-refractivity contribution in [3.63, 3.8) is 0 Å². The van der Waals surface area contributed by atoms with Crippen LogP contribution in [0.3, 0.4) is 0 Å². The third-order valence-corrected chi connectivity index (χ3v) is 3.60. The van der Waals surface area contributed by atoms with Crippen LogP contribution in [0.2, 0.25) is 5.15 Å². The Morgan fingerprint density at radius 3 is 2.72 bits per heavy atom. The summed E-state index contributed by atoms with van der Waals surface area (Å²) in [7, 11) is 0. The molecule has 0 amide bonds. The van der Waals surface area contributed by atoms with Gasteiger partial charge in [0.2, 0.25) is 0 Å². The van der Waals surface area contributed by atoms with Gasteiger partial charge in [0, 0.05) is 23.9 Å². The maximum atomic E-state index is 11.9. The van der Waals surface area contributed by atoms with Crippen molar-refractivity contribution in [1.29, 1.82) is 0 Å². The molecule has 0 saturated heterocycles. The van der Waals surface area contributed by atoms with Gasteiger partial charge in [0.25, 0.3) is 0 Å². The van der Waals surface area contributed by atoms with E-state index in [9.17, 15) is 14.4 Å². The van der Waals surface area contributed by atoms with E-state index in [-0.39, 0.29) is 34.3 Å². The van der Waals surface area contributed by atoms with Crippen LogP contribution >= 0.6 is 11.6 Å². The van der Waals surface area contributed by atoms with Crippen molar-refractivity contribution in [1.82, 2.24) is 5.16 Å². The van der Waals surface area contributed by atoms with E-state index < -0.39 is 11.6 Å². The van der Waals surface area contributed by atoms with Gasteiger partial charge in [-0.2, -0.15) is 0 Å². The fourth-order valence-electron chi connectivity index (χ4n) is 2.21. The molecule has 0 saturated carbocycles. The minimum absolute atomic E-state index is 0.0250. The van der Waals surface area contributed by atoms with Gasteiger partial charge in [0.1, 0.15) is 22.7 Å². The van der Waals surface area contributed by atoms with Gasteiger partial charge >= 0.3 is 11.6 Å². The second kappa shape index (κ2) is 6.90. The summed E-state index contributed by atoms with van der Waals surface area (Å²) in [6.45, 7) is 1.29. The van der Waals surface area contributed by atoms with Crippen LogP contribution in [0.4, 0.5) is 0 Å². The maximum absolute atomic E-state index is 11.9. The number of nitrogens with zero attached hydrogens (tertiary/aromatic N) is 1. The van der Waals surface area contributed by atoms with Crippen molar-refractivity contribution in [3.05, 3.63) is 57.2 Å². The Morgan fingerprint density at radius 1 is 1.24 bits per heavy atom. The highest BCUT2D eigenvalue weighted by Gasteiger charge is 2.12. The molecule has 128 valence electrons. The zero-order valence-corrected chi connectivity index (χ0v) is 13.8. The molecule has 8 heteroatoms. The number of aromatic nitrogens is 1. The van der Waals surface area contributed by atoms with Crippen LogP contribution in [0.25, 0.3) is 11.0 Å². The molecule has 0 bridgehead atoms. The Hall–Kier alpha value is -2.93. The van der Waals surface area contributed by atoms with Gasteiger partial charge in [-0.05, 0) is 25.1 Å². The van der Waals surface area contributed by atoms with Gasteiger partial charge in [-0.3, -0.25) is 9.59 Å². The van der Waals surface area contributed by atoms with E-state index >= 15 is 0 Å². The van der Waals surface area contributed by atoms with Crippen LogP contribution in [-0.4, -0.2) is 16.9 Å². The number of hydrogen-bond acceptors (Lipinski definition) is 7. The van der Waals surface area contributed by atoms with Crippen molar-refractivity contribution >= 4 is 34.3 Å². The molecule has 0 aliphatic carbocycles. The van der Waals surface area contributed by atoms with Gasteiger partial charge in [0.15, 0.2) is 10.9 Å². The molecule has 0 atom stereocenters. The minimum Gasteiger partial charge on any atom is -0.426 e. The predicted molar refractivity (Wildman–Crippen MR) is 88.0 cm³/mol. The van der Waals surface area contributed by atoms with Crippen LogP contribution in [0, 0.1) is 0 Å². The standard InChI is InChI=1S/C17H12ClNO6/c1-9(20)13-6-10-2-3-11(7-14(10)24-17(13)22)23-16(21)5-4-12-8-15(18)19-25-12/h2-3,6-8H,4-5H2,1H3. The molecule has 0 unspecified atom stereocenters. The molecule has 1 aromatic carbocycles. The zero-order chi connectivity index (χ0) is 18.0. The SMILES string of the molecule is CC(=O)c1cc2ccc(OC(=O)CCc3cc(Cl)no3)cc2oc1=O. The fraction of sp³-hybridized carbons (Fsp3) is 0.176. The largest absolute Gasteiger partial charge is 0.426 e. The summed E-state index contributed by atoms with van der Waals surface area (Å²) in [5, 5.41) is 4.29. The van der Waals surface area contributed by atoms with Gasteiger partial charge in [-0.25, -0.2) is 4.79 Å². The first kappa shape index (κ1) is 16.9. The molecule has 3 rings (SSSR count). The smallest absolute Gasteiger partial charge is 0.347 e. The molecular formula is C17H12ClNO6. The number of hydrogen-bond donors (Lipinski definition) is 0. The van der Waals surface area contributed by atoms with E-state index in [1.54, 1.807) is 12.1 Å². The lowest BCUT2D eigenvalue weighted by Crippen LogP contribution is -2.11. The first-order valence-corrected chi connectivity index (χ1v) is 7.71. The molecule has 3 aromatic rings. The highest BCUT2D eigenvalue weighted by molar-refractivity contribution is 6.29. The van der Waals surface area contributed by atoms with Crippen molar-refractivity contribution in [2.45, 2.75) is 19.8 Å². The van der Waals surface area contributed by atoms with E-state index in [0.717, 1.165) is 0 Å². The molecule has 0 aliphatic heterocycles. The van der Waals surface area contributed by atoms with Crippen LogP contribution in [0.15, 0.2) is 44.1 Å². The normalized spacial score (nSPS) is 10.8. The van der Waals surface area contributed by atoms with E-state index in [2.05, 4.69) is 5.16 Å². The fourth-order valence-corrected chi connectivity index (χ4v) is 2.37. The third-order valence-electron chi connectivity index (χ3n) is 3.42. The van der Waals surface area contributed by atoms with Crippen LogP contribution in [0.1, 0.15) is 29.5 Å². The average molecular weight is 362 g/mol. The molecule has 0 aliphatic rings. The Balaban J connectivity index is 1.73. The second-order valence-corrected chi connectivity index (χ2v) is 5.68. The molecule has 0 fully saturated rings. The second-order valence-electron chi connectivity index (χ2n) is 5.29. The lowest BCUT2D eigenvalue weighted by Gasteiger charge is -2.05. The van der Waals surface area contributed by atoms with E-state index in [1.165, 1.54) is 25.1 Å². The number of Topliss-reactive ketones (excluding diaryl/α,β-unsaturated/α-hetero) is 1. The van der Waals surface area contributed by atoms with E-state index in [4.69, 9.17) is 25.3 Å². The Kier molecular flexibility index (Phi) is 4.67. The number of fused-ring (bicyclic) bond motifs is 1. The van der Waals surface area contributed by atoms with Crippen LogP contribution in [-0.2, 0) is 11.2 Å². The van der Waals surface area contributed by atoms with E-state index in [1.807, 2.05) is 0 Å². The minimum atomic E-state index is -0.731. The van der Waals surface area contributed by atoms with Crippen LogP contribution < -0.4 is 10.4 Å². The lowest BCUT2D eigenvalue weighted by molar-refractivity contribution is -0.134. The summed E-state index contributed by atoms with van der Waals surface area (Å²) in [5.41, 5.74) is -0.532. The first-order valence-electron chi connectivity index (χ1n) is 7.33. The molecule has 0 radical (unpaired) electrons. The molecule has 2 aromatic heterocycles. The highest BCUT2D eigenvalue weighted by atomic mass is 35.5. The number of rotatable bonds is 5.